The first-order valence-electron chi connectivity index (χ1n) is 13.0. The van der Waals surface area contributed by atoms with Crippen molar-refractivity contribution >= 4 is 5.69 Å². The molecule has 1 aromatic heterocycles. The van der Waals surface area contributed by atoms with Crippen LogP contribution in [0.1, 0.15) is 34.4 Å². The van der Waals surface area contributed by atoms with Crippen molar-refractivity contribution in [3.8, 4) is 22.8 Å². The van der Waals surface area contributed by atoms with Gasteiger partial charge < -0.3 is 24.0 Å². The second-order valence-corrected chi connectivity index (χ2v) is 9.75. The van der Waals surface area contributed by atoms with Crippen LogP contribution in [0.15, 0.2) is 72.8 Å². The van der Waals surface area contributed by atoms with Gasteiger partial charge in [0.15, 0.2) is 0 Å². The minimum Gasteiger partial charge on any atom is -0.497 e. The second-order valence-electron chi connectivity index (χ2n) is 9.75. The molecule has 0 atom stereocenters. The van der Waals surface area contributed by atoms with Crippen molar-refractivity contribution in [3.05, 3.63) is 101 Å². The maximum Gasteiger partial charge on any atom is 0.118 e. The van der Waals surface area contributed by atoms with Crippen molar-refractivity contribution in [2.75, 3.05) is 39.3 Å². The lowest BCUT2D eigenvalue weighted by Gasteiger charge is -2.19. The summed E-state index contributed by atoms with van der Waals surface area (Å²) >= 11 is 0. The van der Waals surface area contributed by atoms with Crippen LogP contribution in [-0.2, 0) is 25.8 Å². The number of aliphatic hydroxyl groups excluding tert-OH is 1. The van der Waals surface area contributed by atoms with E-state index in [1.807, 2.05) is 19.2 Å². The number of hydrogen-bond donors (Lipinski definition) is 1. The van der Waals surface area contributed by atoms with Gasteiger partial charge in [-0.25, -0.2) is 0 Å². The quantitative estimate of drug-likeness (QED) is 0.305. The van der Waals surface area contributed by atoms with Crippen molar-refractivity contribution < 1.29 is 14.6 Å². The van der Waals surface area contributed by atoms with Crippen molar-refractivity contribution in [3.63, 3.8) is 0 Å². The average molecular weight is 497 g/mol. The van der Waals surface area contributed by atoms with Gasteiger partial charge in [-0.3, -0.25) is 0 Å². The third-order valence-electron chi connectivity index (χ3n) is 7.49. The molecule has 1 N–H and O–H groups in total. The Labute approximate surface area is 219 Å². The molecule has 5 rings (SSSR count). The molecule has 192 valence electrons. The van der Waals surface area contributed by atoms with E-state index in [0.717, 1.165) is 43.0 Å². The fourth-order valence-electron chi connectivity index (χ4n) is 5.49. The normalized spacial score (nSPS) is 12.4. The van der Waals surface area contributed by atoms with Gasteiger partial charge in [0.25, 0.3) is 0 Å². The van der Waals surface area contributed by atoms with E-state index in [1.165, 1.54) is 45.6 Å². The molecule has 0 aliphatic carbocycles. The van der Waals surface area contributed by atoms with Gasteiger partial charge in [-0.1, -0.05) is 36.4 Å². The van der Waals surface area contributed by atoms with Gasteiger partial charge >= 0.3 is 0 Å². The van der Waals surface area contributed by atoms with Crippen LogP contribution < -0.4 is 14.4 Å². The van der Waals surface area contributed by atoms with Gasteiger partial charge in [0.2, 0.25) is 0 Å². The molecule has 1 aliphatic heterocycles. The Hall–Kier alpha value is -3.70. The molecular formula is C32H36N2O3. The molecule has 3 aromatic carbocycles. The van der Waals surface area contributed by atoms with Crippen LogP contribution in [0.2, 0.25) is 0 Å². The minimum atomic E-state index is 0.144. The van der Waals surface area contributed by atoms with Gasteiger partial charge in [-0.05, 0) is 89.9 Å². The van der Waals surface area contributed by atoms with E-state index in [9.17, 15) is 5.11 Å². The van der Waals surface area contributed by atoms with Gasteiger partial charge in [-0.2, -0.15) is 0 Å². The van der Waals surface area contributed by atoms with Crippen LogP contribution >= 0.6 is 0 Å². The summed E-state index contributed by atoms with van der Waals surface area (Å²) in [6.07, 6.45) is 4.07. The van der Waals surface area contributed by atoms with Crippen molar-refractivity contribution in [1.29, 1.82) is 0 Å². The number of fused-ring (bicyclic) bond motifs is 1. The number of ether oxygens (including phenoxy) is 2. The van der Waals surface area contributed by atoms with Crippen LogP contribution in [0.5, 0.6) is 11.5 Å². The summed E-state index contributed by atoms with van der Waals surface area (Å²) < 4.78 is 13.3. The van der Waals surface area contributed by atoms with Crippen LogP contribution in [0.3, 0.4) is 0 Å². The van der Waals surface area contributed by atoms with E-state index in [2.05, 4.69) is 70.1 Å². The van der Waals surface area contributed by atoms with Gasteiger partial charge in [0, 0.05) is 31.5 Å². The molecule has 0 unspecified atom stereocenters. The highest BCUT2D eigenvalue weighted by Crippen LogP contribution is 2.39. The van der Waals surface area contributed by atoms with E-state index in [-0.39, 0.29) is 6.61 Å². The van der Waals surface area contributed by atoms with E-state index in [4.69, 9.17) is 9.47 Å². The molecule has 0 bridgehead atoms. The summed E-state index contributed by atoms with van der Waals surface area (Å²) in [4.78, 5) is 2.08. The number of benzene rings is 3. The number of methoxy groups -OCH3 is 2. The fourth-order valence-corrected chi connectivity index (χ4v) is 5.49. The zero-order chi connectivity index (χ0) is 25.8. The summed E-state index contributed by atoms with van der Waals surface area (Å²) in [5.41, 5.74) is 10.6. The molecule has 0 saturated heterocycles. The standard InChI is InChI=1S/C32H36N2O3/c1-33(19-20-35)26-12-10-25(11-13-26)32-30(22-24-8-16-28(37-3)17-9-24)29(31-5-4-18-34(31)32)21-23-6-14-27(36-2)15-7-23/h6-17,35H,4-5,18-22H2,1-3H3. The largest absolute Gasteiger partial charge is 0.497 e. The second kappa shape index (κ2) is 11.1. The molecule has 4 aromatic rings. The lowest BCUT2D eigenvalue weighted by Crippen LogP contribution is -2.20. The molecule has 0 spiro atoms. The SMILES string of the molecule is COc1ccc(Cc2c(Cc3ccc(OC)cc3)c(-c3ccc(N(C)CCO)cc3)n3c2CCC3)cc1. The first-order valence-corrected chi connectivity index (χ1v) is 13.0. The van der Waals surface area contributed by atoms with E-state index in [0.29, 0.717) is 6.54 Å². The Kier molecular flexibility index (Phi) is 7.52. The molecule has 37 heavy (non-hydrogen) atoms. The first kappa shape index (κ1) is 25.0. The number of aromatic nitrogens is 1. The van der Waals surface area contributed by atoms with Gasteiger partial charge in [-0.15, -0.1) is 0 Å². The lowest BCUT2D eigenvalue weighted by molar-refractivity contribution is 0.304. The molecule has 5 heteroatoms. The number of aliphatic hydroxyl groups is 1. The average Bonchev–Trinajstić information content (AvgIpc) is 3.51. The predicted octanol–water partition coefficient (Wildman–Crippen LogP) is 5.73. The highest BCUT2D eigenvalue weighted by Gasteiger charge is 2.27. The lowest BCUT2D eigenvalue weighted by atomic mass is 9.92. The van der Waals surface area contributed by atoms with Gasteiger partial charge in [0.05, 0.1) is 26.5 Å². The Morgan fingerprint density at radius 3 is 1.89 bits per heavy atom. The molecule has 2 heterocycles. The Morgan fingerprint density at radius 2 is 1.35 bits per heavy atom. The maximum atomic E-state index is 9.34. The summed E-state index contributed by atoms with van der Waals surface area (Å²) in [5, 5.41) is 9.34. The summed E-state index contributed by atoms with van der Waals surface area (Å²) in [6, 6.07) is 25.7. The zero-order valence-corrected chi connectivity index (χ0v) is 22.0. The van der Waals surface area contributed by atoms with E-state index in [1.54, 1.807) is 14.2 Å². The highest BCUT2D eigenvalue weighted by atomic mass is 16.5. The van der Waals surface area contributed by atoms with Crippen LogP contribution in [-0.4, -0.2) is 44.1 Å². The topological polar surface area (TPSA) is 46.9 Å². The highest BCUT2D eigenvalue weighted by molar-refractivity contribution is 5.71. The smallest absolute Gasteiger partial charge is 0.118 e. The minimum absolute atomic E-state index is 0.144. The number of likely N-dealkylation sites (N-methyl/N-ethyl adjacent to an activating group) is 1. The van der Waals surface area contributed by atoms with E-state index >= 15 is 0 Å². The van der Waals surface area contributed by atoms with Crippen LogP contribution in [0, 0.1) is 0 Å². The van der Waals surface area contributed by atoms with Crippen LogP contribution in [0.25, 0.3) is 11.3 Å². The fraction of sp³-hybridized carbons (Fsp3) is 0.312. The third kappa shape index (κ3) is 5.23. The van der Waals surface area contributed by atoms with Crippen molar-refractivity contribution in [2.45, 2.75) is 32.2 Å². The molecular weight excluding hydrogens is 460 g/mol. The van der Waals surface area contributed by atoms with Gasteiger partial charge in [0.1, 0.15) is 11.5 Å². The number of hydrogen-bond acceptors (Lipinski definition) is 4. The predicted molar refractivity (Wildman–Crippen MR) is 150 cm³/mol. The zero-order valence-electron chi connectivity index (χ0n) is 22.0. The number of rotatable bonds is 10. The molecule has 0 amide bonds. The Bertz CT molecular complexity index is 1320. The summed E-state index contributed by atoms with van der Waals surface area (Å²) in [5.74, 6) is 1.76. The number of anilines is 1. The third-order valence-corrected chi connectivity index (χ3v) is 7.49. The Balaban J connectivity index is 1.59. The number of nitrogens with zero attached hydrogens (tertiary/aromatic N) is 2. The van der Waals surface area contributed by atoms with Crippen molar-refractivity contribution in [2.24, 2.45) is 0 Å². The first-order chi connectivity index (χ1) is 18.1. The summed E-state index contributed by atoms with van der Waals surface area (Å²) in [7, 11) is 5.43. The molecule has 1 aliphatic rings. The maximum absolute atomic E-state index is 9.34. The van der Waals surface area contributed by atoms with Crippen LogP contribution in [0.4, 0.5) is 5.69 Å². The molecule has 0 fully saturated rings. The molecule has 0 radical (unpaired) electrons. The van der Waals surface area contributed by atoms with E-state index < -0.39 is 0 Å². The molecule has 0 saturated carbocycles. The Morgan fingerprint density at radius 1 is 0.784 bits per heavy atom. The summed E-state index contributed by atoms with van der Waals surface area (Å²) in [6.45, 7) is 1.81. The monoisotopic (exact) mass is 496 g/mol. The molecule has 5 nitrogen and oxygen atoms in total. The van der Waals surface area contributed by atoms with Crippen molar-refractivity contribution in [1.82, 2.24) is 4.57 Å².